The number of methoxy groups -OCH3 is 2. The summed E-state index contributed by atoms with van der Waals surface area (Å²) in [6.45, 7) is 0.530. The van der Waals surface area contributed by atoms with E-state index in [0.717, 1.165) is 10.4 Å². The van der Waals surface area contributed by atoms with E-state index in [1.54, 1.807) is 14.2 Å². The zero-order valence-corrected chi connectivity index (χ0v) is 14.4. The zero-order chi connectivity index (χ0) is 17.4. The van der Waals surface area contributed by atoms with Crippen LogP contribution in [0.3, 0.4) is 0 Å². The molecule has 0 aliphatic heterocycles. The molecule has 6 nitrogen and oxygen atoms in total. The maximum atomic E-state index is 11.9. The van der Waals surface area contributed by atoms with Crippen LogP contribution in [0.5, 0.6) is 5.75 Å². The molecule has 1 atom stereocenters. The first-order valence-corrected chi connectivity index (χ1v) is 8.27. The molecule has 0 unspecified atom stereocenters. The van der Waals surface area contributed by atoms with Gasteiger partial charge in [0.25, 0.3) is 0 Å². The fourth-order valence-corrected chi connectivity index (χ4v) is 2.75. The van der Waals surface area contributed by atoms with Crippen molar-refractivity contribution >= 4 is 23.2 Å². The largest absolute Gasteiger partial charge is 0.497 e. The highest BCUT2D eigenvalue weighted by Crippen LogP contribution is 2.20. The molecule has 24 heavy (non-hydrogen) atoms. The van der Waals surface area contributed by atoms with E-state index in [9.17, 15) is 9.59 Å². The van der Waals surface area contributed by atoms with Crippen molar-refractivity contribution < 1.29 is 19.1 Å². The summed E-state index contributed by atoms with van der Waals surface area (Å²) in [5.41, 5.74) is 0.858. The van der Waals surface area contributed by atoms with Gasteiger partial charge in [-0.3, -0.25) is 9.59 Å². The molecule has 0 fully saturated rings. The number of hydrogen-bond donors (Lipinski definition) is 2. The lowest BCUT2D eigenvalue weighted by atomic mass is 10.1. The Kier molecular flexibility index (Phi) is 6.77. The summed E-state index contributed by atoms with van der Waals surface area (Å²) in [5, 5.41) is 7.08. The van der Waals surface area contributed by atoms with Crippen LogP contribution in [0.2, 0.25) is 0 Å². The van der Waals surface area contributed by atoms with Gasteiger partial charge in [-0.15, -0.1) is 11.3 Å². The molecule has 128 valence electrons. The van der Waals surface area contributed by atoms with Crippen LogP contribution in [0, 0.1) is 0 Å². The van der Waals surface area contributed by atoms with E-state index in [0.29, 0.717) is 12.3 Å². The molecular weight excluding hydrogens is 328 g/mol. The fraction of sp³-hybridized carbons (Fsp3) is 0.294. The van der Waals surface area contributed by atoms with Gasteiger partial charge in [0.1, 0.15) is 5.75 Å². The summed E-state index contributed by atoms with van der Waals surface area (Å²) in [6.07, 6.45) is -0.367. The Balaban J connectivity index is 1.85. The second-order valence-electron chi connectivity index (χ2n) is 4.97. The Labute approximate surface area is 144 Å². The number of carbonyl (C=O) groups excluding carboxylic acids is 2. The molecule has 1 aromatic heterocycles. The van der Waals surface area contributed by atoms with Crippen molar-refractivity contribution in [1.82, 2.24) is 10.6 Å². The quantitative estimate of drug-likeness (QED) is 0.749. The summed E-state index contributed by atoms with van der Waals surface area (Å²) in [5.74, 6) is -0.644. The number of nitrogens with one attached hydrogen (secondary N) is 2. The standard InChI is InChI=1S/C17H20N2O4S/c1-22-13-6-3-5-12(9-13)15(23-2)11-19-17(21)16(20)18-10-14-7-4-8-24-14/h3-9,15H,10-11H2,1-2H3,(H,18,20)(H,19,21)/t15-/m1/s1. The van der Waals surface area contributed by atoms with Crippen molar-refractivity contribution in [2.75, 3.05) is 20.8 Å². The van der Waals surface area contributed by atoms with Gasteiger partial charge in [-0.2, -0.15) is 0 Å². The monoisotopic (exact) mass is 348 g/mol. The summed E-state index contributed by atoms with van der Waals surface area (Å²) in [4.78, 5) is 24.7. The molecule has 1 heterocycles. The van der Waals surface area contributed by atoms with Gasteiger partial charge in [-0.05, 0) is 29.1 Å². The van der Waals surface area contributed by atoms with Crippen LogP contribution in [-0.4, -0.2) is 32.6 Å². The molecule has 2 aromatic rings. The van der Waals surface area contributed by atoms with E-state index in [1.807, 2.05) is 41.8 Å². The minimum absolute atomic E-state index is 0.189. The summed E-state index contributed by atoms with van der Waals surface area (Å²) < 4.78 is 10.6. The maximum absolute atomic E-state index is 11.9. The molecular formula is C17H20N2O4S. The van der Waals surface area contributed by atoms with E-state index in [2.05, 4.69) is 10.6 Å². The van der Waals surface area contributed by atoms with Crippen molar-refractivity contribution in [3.05, 3.63) is 52.2 Å². The van der Waals surface area contributed by atoms with E-state index < -0.39 is 11.8 Å². The smallest absolute Gasteiger partial charge is 0.309 e. The molecule has 7 heteroatoms. The Morgan fingerprint density at radius 1 is 1.12 bits per heavy atom. The molecule has 0 saturated carbocycles. The molecule has 2 N–H and O–H groups in total. The van der Waals surface area contributed by atoms with E-state index in [-0.39, 0.29) is 12.6 Å². The molecule has 0 radical (unpaired) electrons. The predicted octanol–water partition coefficient (Wildman–Crippen LogP) is 1.88. The Bertz CT molecular complexity index is 673. The van der Waals surface area contributed by atoms with Gasteiger partial charge in [0.15, 0.2) is 0 Å². The number of carbonyl (C=O) groups is 2. The Morgan fingerprint density at radius 3 is 2.58 bits per heavy atom. The van der Waals surface area contributed by atoms with Crippen molar-refractivity contribution in [1.29, 1.82) is 0 Å². The van der Waals surface area contributed by atoms with Gasteiger partial charge in [-0.1, -0.05) is 18.2 Å². The van der Waals surface area contributed by atoms with Crippen molar-refractivity contribution in [2.45, 2.75) is 12.6 Å². The number of ether oxygens (including phenoxy) is 2. The lowest BCUT2D eigenvalue weighted by molar-refractivity contribution is -0.139. The third kappa shape index (κ3) is 5.07. The molecule has 0 bridgehead atoms. The third-order valence-corrected chi connectivity index (χ3v) is 4.28. The second kappa shape index (κ2) is 9.05. The average Bonchev–Trinajstić information content (AvgIpc) is 3.13. The highest BCUT2D eigenvalue weighted by atomic mass is 32.1. The molecule has 0 aliphatic carbocycles. The zero-order valence-electron chi connectivity index (χ0n) is 13.6. The van der Waals surface area contributed by atoms with Crippen LogP contribution in [0.25, 0.3) is 0 Å². The van der Waals surface area contributed by atoms with Gasteiger partial charge >= 0.3 is 11.8 Å². The average molecular weight is 348 g/mol. The summed E-state index contributed by atoms with van der Waals surface area (Å²) in [7, 11) is 3.13. The first-order valence-electron chi connectivity index (χ1n) is 7.39. The molecule has 2 rings (SSSR count). The first-order chi connectivity index (χ1) is 11.6. The van der Waals surface area contributed by atoms with E-state index in [4.69, 9.17) is 9.47 Å². The molecule has 0 saturated heterocycles. The topological polar surface area (TPSA) is 76.7 Å². The lowest BCUT2D eigenvalue weighted by Crippen LogP contribution is -2.41. The van der Waals surface area contributed by atoms with Crippen LogP contribution < -0.4 is 15.4 Å². The minimum Gasteiger partial charge on any atom is -0.497 e. The van der Waals surface area contributed by atoms with Crippen LogP contribution in [-0.2, 0) is 20.9 Å². The van der Waals surface area contributed by atoms with Gasteiger partial charge in [0, 0.05) is 18.5 Å². The number of hydrogen-bond acceptors (Lipinski definition) is 5. The van der Waals surface area contributed by atoms with Gasteiger partial charge in [0.2, 0.25) is 0 Å². The highest BCUT2D eigenvalue weighted by Gasteiger charge is 2.17. The van der Waals surface area contributed by atoms with Gasteiger partial charge in [-0.25, -0.2) is 0 Å². The maximum Gasteiger partial charge on any atom is 0.309 e. The molecule has 0 aliphatic rings. The minimum atomic E-state index is -0.684. The van der Waals surface area contributed by atoms with Gasteiger partial charge < -0.3 is 20.1 Å². The number of thiophene rings is 1. The van der Waals surface area contributed by atoms with Gasteiger partial charge in [0.05, 0.1) is 19.8 Å². The fourth-order valence-electron chi connectivity index (χ4n) is 2.11. The second-order valence-corrected chi connectivity index (χ2v) is 6.01. The summed E-state index contributed by atoms with van der Waals surface area (Å²) in [6, 6.07) is 11.2. The number of rotatable bonds is 7. The SMILES string of the molecule is COc1cccc([C@@H](CNC(=O)C(=O)NCc2cccs2)OC)c1. The van der Waals surface area contributed by atoms with Crippen molar-refractivity contribution in [2.24, 2.45) is 0 Å². The van der Waals surface area contributed by atoms with Crippen molar-refractivity contribution in [3.8, 4) is 5.75 Å². The van der Waals surface area contributed by atoms with Crippen LogP contribution >= 0.6 is 11.3 Å². The lowest BCUT2D eigenvalue weighted by Gasteiger charge is -2.17. The third-order valence-electron chi connectivity index (χ3n) is 3.41. The Hall–Kier alpha value is -2.38. The highest BCUT2D eigenvalue weighted by molar-refractivity contribution is 7.09. The normalized spacial score (nSPS) is 11.6. The van der Waals surface area contributed by atoms with E-state index >= 15 is 0 Å². The van der Waals surface area contributed by atoms with Crippen LogP contribution in [0.4, 0.5) is 0 Å². The van der Waals surface area contributed by atoms with Crippen LogP contribution in [0.15, 0.2) is 41.8 Å². The first kappa shape index (κ1) is 18.0. The molecule has 0 spiro atoms. The molecule has 2 amide bonds. The number of benzene rings is 1. The molecule has 1 aromatic carbocycles. The number of amides is 2. The van der Waals surface area contributed by atoms with E-state index in [1.165, 1.54) is 11.3 Å². The van der Waals surface area contributed by atoms with Crippen LogP contribution in [0.1, 0.15) is 16.5 Å². The predicted molar refractivity (Wildman–Crippen MR) is 91.9 cm³/mol. The van der Waals surface area contributed by atoms with Crippen molar-refractivity contribution in [3.63, 3.8) is 0 Å². The summed E-state index contributed by atoms with van der Waals surface area (Å²) >= 11 is 1.52. The Morgan fingerprint density at radius 2 is 1.92 bits per heavy atom.